The fourth-order valence-corrected chi connectivity index (χ4v) is 4.31. The highest BCUT2D eigenvalue weighted by Crippen LogP contribution is 2.35. The van der Waals surface area contributed by atoms with E-state index in [1.54, 1.807) is 19.2 Å². The van der Waals surface area contributed by atoms with Crippen LogP contribution in [0.3, 0.4) is 0 Å². The Kier molecular flexibility index (Phi) is 7.45. The van der Waals surface area contributed by atoms with Crippen molar-refractivity contribution in [3.05, 3.63) is 101 Å². The molecule has 2 atom stereocenters. The van der Waals surface area contributed by atoms with E-state index in [1.165, 1.54) is 22.3 Å². The van der Waals surface area contributed by atoms with Crippen molar-refractivity contribution in [2.45, 2.75) is 37.8 Å². The zero-order valence-electron chi connectivity index (χ0n) is 16.6. The van der Waals surface area contributed by atoms with E-state index in [9.17, 15) is 4.39 Å². The van der Waals surface area contributed by atoms with E-state index < -0.39 is 0 Å². The minimum Gasteiger partial charge on any atom is -0.496 e. The number of benzene rings is 3. The van der Waals surface area contributed by atoms with Crippen LogP contribution in [0.15, 0.2) is 72.8 Å². The predicted molar refractivity (Wildman–Crippen MR) is 122 cm³/mol. The molecule has 3 aromatic carbocycles. The summed E-state index contributed by atoms with van der Waals surface area (Å²) in [5.74, 6) is 1.10. The Morgan fingerprint density at radius 1 is 0.966 bits per heavy atom. The molecule has 0 saturated heterocycles. The summed E-state index contributed by atoms with van der Waals surface area (Å²) in [7, 11) is 1.72. The molecule has 4 heteroatoms. The number of halogens is 2. The van der Waals surface area contributed by atoms with Crippen molar-refractivity contribution >= 4 is 17.0 Å². The van der Waals surface area contributed by atoms with Crippen LogP contribution in [-0.2, 0) is 19.4 Å². The average Bonchev–Trinajstić information content (AvgIpc) is 2.75. The lowest BCUT2D eigenvalue weighted by Crippen LogP contribution is -2.39. The first-order valence-electron chi connectivity index (χ1n) is 9.92. The third-order valence-electron chi connectivity index (χ3n) is 5.78. The number of fused-ring (bicyclic) bond motifs is 1. The molecule has 4 rings (SSSR count). The van der Waals surface area contributed by atoms with Crippen LogP contribution in [-0.4, -0.2) is 13.2 Å². The lowest BCUT2D eigenvalue weighted by molar-refractivity contribution is 0.373. The Labute approximate surface area is 182 Å². The zero-order chi connectivity index (χ0) is 19.3. The molecule has 2 nitrogen and oxygen atoms in total. The van der Waals surface area contributed by atoms with Gasteiger partial charge in [0.15, 0.2) is 0 Å². The Morgan fingerprint density at radius 2 is 1.69 bits per heavy atom. The van der Waals surface area contributed by atoms with Gasteiger partial charge in [0.1, 0.15) is 11.6 Å². The SMILES string of the molecule is Br.COc1ccccc1CN[C@H]1CCc2ccccc2[C@H]1Cc1ccc(F)cc1. The van der Waals surface area contributed by atoms with E-state index in [0.29, 0.717) is 12.0 Å². The maximum absolute atomic E-state index is 13.3. The van der Waals surface area contributed by atoms with Gasteiger partial charge >= 0.3 is 0 Å². The number of aryl methyl sites for hydroxylation is 1. The summed E-state index contributed by atoms with van der Waals surface area (Å²) in [4.78, 5) is 0. The van der Waals surface area contributed by atoms with Gasteiger partial charge in [0.2, 0.25) is 0 Å². The van der Waals surface area contributed by atoms with Crippen LogP contribution in [0.4, 0.5) is 4.39 Å². The fourth-order valence-electron chi connectivity index (χ4n) is 4.31. The molecule has 0 spiro atoms. The van der Waals surface area contributed by atoms with Gasteiger partial charge in [-0.05, 0) is 54.2 Å². The normalized spacial score (nSPS) is 17.9. The first-order chi connectivity index (χ1) is 13.7. The van der Waals surface area contributed by atoms with Crippen LogP contribution in [0.2, 0.25) is 0 Å². The molecule has 1 aliphatic rings. The van der Waals surface area contributed by atoms with Crippen LogP contribution in [0.1, 0.15) is 34.6 Å². The molecule has 3 aromatic rings. The summed E-state index contributed by atoms with van der Waals surface area (Å²) >= 11 is 0. The maximum atomic E-state index is 13.3. The quantitative estimate of drug-likeness (QED) is 0.503. The molecular formula is C25H27BrFNO. The highest BCUT2D eigenvalue weighted by molar-refractivity contribution is 8.93. The van der Waals surface area contributed by atoms with E-state index in [4.69, 9.17) is 4.74 Å². The van der Waals surface area contributed by atoms with Gasteiger partial charge in [-0.25, -0.2) is 4.39 Å². The number of rotatable bonds is 6. The third-order valence-corrected chi connectivity index (χ3v) is 5.78. The summed E-state index contributed by atoms with van der Waals surface area (Å²) in [5, 5.41) is 3.78. The van der Waals surface area contributed by atoms with Crippen molar-refractivity contribution in [3.8, 4) is 5.75 Å². The first-order valence-corrected chi connectivity index (χ1v) is 9.92. The molecule has 0 bridgehead atoms. The van der Waals surface area contributed by atoms with Gasteiger partial charge < -0.3 is 10.1 Å². The lowest BCUT2D eigenvalue weighted by atomic mass is 9.76. The minimum atomic E-state index is -0.182. The molecule has 0 aromatic heterocycles. The highest BCUT2D eigenvalue weighted by atomic mass is 79.9. The number of para-hydroxylation sites is 1. The van der Waals surface area contributed by atoms with Crippen molar-refractivity contribution < 1.29 is 9.13 Å². The summed E-state index contributed by atoms with van der Waals surface area (Å²) in [5.41, 5.74) is 5.19. The molecule has 0 amide bonds. The fraction of sp³-hybridized carbons (Fsp3) is 0.280. The van der Waals surface area contributed by atoms with Crippen molar-refractivity contribution in [2.24, 2.45) is 0 Å². The maximum Gasteiger partial charge on any atom is 0.123 e. The largest absolute Gasteiger partial charge is 0.496 e. The van der Waals surface area contributed by atoms with Crippen LogP contribution >= 0.6 is 17.0 Å². The van der Waals surface area contributed by atoms with Crippen LogP contribution in [0.5, 0.6) is 5.75 Å². The second-order valence-corrected chi connectivity index (χ2v) is 7.47. The number of ether oxygens (including phenoxy) is 1. The number of hydrogen-bond donors (Lipinski definition) is 1. The standard InChI is InChI=1S/C25H26FNO.BrH/c1-28-25-9-5-3-7-20(25)17-27-24-15-12-19-6-2-4-8-22(19)23(24)16-18-10-13-21(26)14-11-18;/h2-11,13-14,23-24,27H,12,15-17H2,1H3;1H/t23-,24+;/m1./s1. The van der Waals surface area contributed by atoms with E-state index in [-0.39, 0.29) is 22.8 Å². The van der Waals surface area contributed by atoms with Gasteiger partial charge in [0.25, 0.3) is 0 Å². The molecule has 0 radical (unpaired) electrons. The summed E-state index contributed by atoms with van der Waals surface area (Å²) in [6, 6.07) is 24.2. The Bertz CT molecular complexity index is 928. The average molecular weight is 456 g/mol. The summed E-state index contributed by atoms with van der Waals surface area (Å²) < 4.78 is 18.8. The minimum absolute atomic E-state index is 0. The number of hydrogen-bond acceptors (Lipinski definition) is 2. The molecular weight excluding hydrogens is 429 g/mol. The van der Waals surface area contributed by atoms with E-state index >= 15 is 0 Å². The molecule has 0 heterocycles. The summed E-state index contributed by atoms with van der Waals surface area (Å²) in [6.07, 6.45) is 3.08. The van der Waals surface area contributed by atoms with Crippen molar-refractivity contribution in [1.82, 2.24) is 5.32 Å². The van der Waals surface area contributed by atoms with Gasteiger partial charge in [-0.3, -0.25) is 0 Å². The summed E-state index contributed by atoms with van der Waals surface area (Å²) in [6.45, 7) is 0.775. The van der Waals surface area contributed by atoms with Gasteiger partial charge in [-0.15, -0.1) is 17.0 Å². The van der Waals surface area contributed by atoms with Crippen molar-refractivity contribution in [2.75, 3.05) is 7.11 Å². The number of methoxy groups -OCH3 is 1. The molecule has 1 N–H and O–H groups in total. The second-order valence-electron chi connectivity index (χ2n) is 7.47. The van der Waals surface area contributed by atoms with Crippen LogP contribution < -0.4 is 10.1 Å². The second kappa shape index (κ2) is 10.0. The molecule has 1 aliphatic carbocycles. The van der Waals surface area contributed by atoms with Crippen molar-refractivity contribution in [1.29, 1.82) is 0 Å². The molecule has 29 heavy (non-hydrogen) atoms. The van der Waals surface area contributed by atoms with Crippen LogP contribution in [0, 0.1) is 5.82 Å². The van der Waals surface area contributed by atoms with Gasteiger partial charge in [-0.1, -0.05) is 54.6 Å². The highest BCUT2D eigenvalue weighted by Gasteiger charge is 2.29. The van der Waals surface area contributed by atoms with E-state index in [2.05, 4.69) is 35.6 Å². The van der Waals surface area contributed by atoms with Gasteiger partial charge in [0, 0.05) is 24.1 Å². The van der Waals surface area contributed by atoms with E-state index in [1.807, 2.05) is 30.3 Å². The van der Waals surface area contributed by atoms with Crippen LogP contribution in [0.25, 0.3) is 0 Å². The van der Waals surface area contributed by atoms with Gasteiger partial charge in [-0.2, -0.15) is 0 Å². The molecule has 0 unspecified atom stereocenters. The van der Waals surface area contributed by atoms with Gasteiger partial charge in [0.05, 0.1) is 7.11 Å². The Hall–Kier alpha value is -2.17. The smallest absolute Gasteiger partial charge is 0.123 e. The topological polar surface area (TPSA) is 21.3 Å². The monoisotopic (exact) mass is 455 g/mol. The Balaban J connectivity index is 0.00000240. The lowest BCUT2D eigenvalue weighted by Gasteiger charge is -2.35. The predicted octanol–water partition coefficient (Wildman–Crippen LogP) is 5.84. The number of nitrogens with one attached hydrogen (secondary N) is 1. The molecule has 0 aliphatic heterocycles. The molecule has 152 valence electrons. The Morgan fingerprint density at radius 3 is 2.48 bits per heavy atom. The third kappa shape index (κ3) is 5.06. The van der Waals surface area contributed by atoms with Crippen molar-refractivity contribution in [3.63, 3.8) is 0 Å². The molecule has 0 fully saturated rings. The molecule has 0 saturated carbocycles. The van der Waals surface area contributed by atoms with E-state index in [0.717, 1.165) is 31.6 Å². The first kappa shape index (κ1) is 21.5. The zero-order valence-corrected chi connectivity index (χ0v) is 18.3.